The molecule has 0 aromatic heterocycles. The molecule has 0 unspecified atom stereocenters. The second-order valence-electron chi connectivity index (χ2n) is 4.71. The fourth-order valence-corrected chi connectivity index (χ4v) is 2.42. The smallest absolute Gasteiger partial charge is 0.124 e. The summed E-state index contributed by atoms with van der Waals surface area (Å²) in [5, 5.41) is 17.2. The molecule has 2 rings (SSSR count). The molecule has 5 heteroatoms. The van der Waals surface area contributed by atoms with Gasteiger partial charge in [0.1, 0.15) is 5.84 Å². The zero-order chi connectivity index (χ0) is 15.2. The Morgan fingerprint density at radius 2 is 1.90 bits per heavy atom. The number of nitrogens with zero attached hydrogens (tertiary/aromatic N) is 1. The Balaban J connectivity index is 2.26. The summed E-state index contributed by atoms with van der Waals surface area (Å²) in [6.45, 7) is 1.24. The molecule has 0 aliphatic heterocycles. The van der Waals surface area contributed by atoms with Gasteiger partial charge in [-0.15, -0.1) is 0 Å². The van der Waals surface area contributed by atoms with E-state index >= 15 is 0 Å². The minimum Gasteiger partial charge on any atom is -0.395 e. The predicted molar refractivity (Wildman–Crippen MR) is 87.0 cm³/mol. The number of nitrogens with one attached hydrogen (secondary N) is 1. The maximum atomic E-state index is 9.26. The van der Waals surface area contributed by atoms with E-state index < -0.39 is 0 Å². The van der Waals surface area contributed by atoms with Crippen molar-refractivity contribution in [3.05, 3.63) is 64.7 Å². The van der Waals surface area contributed by atoms with Crippen molar-refractivity contribution in [2.45, 2.75) is 6.54 Å². The number of hydrogen-bond acceptors (Lipinski definition) is 3. The molecular weight excluding hydrogens is 286 g/mol. The van der Waals surface area contributed by atoms with E-state index in [1.54, 1.807) is 12.1 Å². The highest BCUT2D eigenvalue weighted by Crippen LogP contribution is 2.24. The molecule has 0 fully saturated rings. The van der Waals surface area contributed by atoms with E-state index in [1.165, 1.54) is 0 Å². The fraction of sp³-hybridized carbons (Fsp3) is 0.188. The van der Waals surface area contributed by atoms with Gasteiger partial charge in [0.2, 0.25) is 0 Å². The molecule has 21 heavy (non-hydrogen) atoms. The van der Waals surface area contributed by atoms with Crippen LogP contribution in [0.4, 0.5) is 5.69 Å². The minimum atomic E-state index is -0.0525. The first-order chi connectivity index (χ1) is 10.1. The van der Waals surface area contributed by atoms with Gasteiger partial charge in [0, 0.05) is 24.3 Å². The van der Waals surface area contributed by atoms with Gasteiger partial charge in [-0.25, -0.2) is 0 Å². The van der Waals surface area contributed by atoms with Gasteiger partial charge in [-0.2, -0.15) is 0 Å². The number of rotatable bonds is 6. The van der Waals surface area contributed by atoms with Crippen molar-refractivity contribution in [2.75, 3.05) is 18.1 Å². The van der Waals surface area contributed by atoms with Gasteiger partial charge in [-0.3, -0.25) is 5.41 Å². The number of nitrogen functional groups attached to an aromatic ring is 1. The number of aliphatic hydroxyl groups excluding tert-OH is 1. The molecule has 0 atom stereocenters. The van der Waals surface area contributed by atoms with Crippen LogP contribution >= 0.6 is 11.6 Å². The third-order valence-corrected chi connectivity index (χ3v) is 3.51. The molecule has 2 aromatic rings. The van der Waals surface area contributed by atoms with E-state index in [4.69, 9.17) is 22.7 Å². The Kier molecular flexibility index (Phi) is 5.20. The first kappa shape index (κ1) is 15.4. The topological polar surface area (TPSA) is 73.3 Å². The lowest BCUT2D eigenvalue weighted by molar-refractivity contribution is 0.301. The summed E-state index contributed by atoms with van der Waals surface area (Å²) in [5.41, 5.74) is 8.03. The van der Waals surface area contributed by atoms with E-state index in [2.05, 4.69) is 0 Å². The molecule has 0 heterocycles. The number of benzene rings is 2. The molecular formula is C16H18ClN3O. The third-order valence-electron chi connectivity index (χ3n) is 3.19. The molecule has 4 N–H and O–H groups in total. The first-order valence-corrected chi connectivity index (χ1v) is 7.03. The number of anilines is 1. The molecule has 0 radical (unpaired) electrons. The summed E-state index contributed by atoms with van der Waals surface area (Å²) in [5.74, 6) is -0.0525. The molecule has 4 nitrogen and oxygen atoms in total. The highest BCUT2D eigenvalue weighted by molar-refractivity contribution is 6.34. The van der Waals surface area contributed by atoms with Crippen molar-refractivity contribution in [3.63, 3.8) is 0 Å². The Morgan fingerprint density at radius 1 is 1.19 bits per heavy atom. The van der Waals surface area contributed by atoms with Crippen LogP contribution in [0.2, 0.25) is 5.02 Å². The highest BCUT2D eigenvalue weighted by Gasteiger charge is 2.10. The minimum absolute atomic E-state index is 0.0525. The summed E-state index contributed by atoms with van der Waals surface area (Å²) in [6, 6.07) is 15.4. The van der Waals surface area contributed by atoms with Crippen LogP contribution < -0.4 is 10.6 Å². The maximum absolute atomic E-state index is 9.26. The van der Waals surface area contributed by atoms with Crippen LogP contribution in [0.25, 0.3) is 0 Å². The molecule has 0 bridgehead atoms. The maximum Gasteiger partial charge on any atom is 0.124 e. The Bertz CT molecular complexity index is 616. The molecule has 0 amide bonds. The van der Waals surface area contributed by atoms with E-state index in [9.17, 15) is 5.11 Å². The third kappa shape index (κ3) is 3.97. The van der Waals surface area contributed by atoms with E-state index in [1.807, 2.05) is 41.3 Å². The van der Waals surface area contributed by atoms with Gasteiger partial charge in [0.25, 0.3) is 0 Å². The van der Waals surface area contributed by atoms with Gasteiger partial charge < -0.3 is 15.7 Å². The molecule has 0 aliphatic carbocycles. The molecule has 110 valence electrons. The lowest BCUT2D eigenvalue weighted by Gasteiger charge is -2.24. The number of hydrogen-bond donors (Lipinski definition) is 3. The van der Waals surface area contributed by atoms with Crippen molar-refractivity contribution in [1.82, 2.24) is 0 Å². The van der Waals surface area contributed by atoms with Crippen LogP contribution in [0.1, 0.15) is 11.1 Å². The second-order valence-corrected chi connectivity index (χ2v) is 5.12. The normalized spacial score (nSPS) is 10.4. The Labute approximate surface area is 129 Å². The van der Waals surface area contributed by atoms with Crippen LogP contribution in [0.15, 0.2) is 48.5 Å². The van der Waals surface area contributed by atoms with Gasteiger partial charge in [0.05, 0.1) is 11.6 Å². The molecule has 0 aliphatic rings. The van der Waals surface area contributed by atoms with Crippen LogP contribution in [-0.4, -0.2) is 24.1 Å². The number of amidine groups is 1. The molecule has 0 saturated heterocycles. The number of nitrogens with two attached hydrogens (primary N) is 1. The van der Waals surface area contributed by atoms with Crippen molar-refractivity contribution >= 4 is 23.1 Å². The molecule has 2 aromatic carbocycles. The lowest BCUT2D eigenvalue weighted by atomic mass is 10.1. The second kappa shape index (κ2) is 7.11. The summed E-state index contributed by atoms with van der Waals surface area (Å²) in [7, 11) is 0. The largest absolute Gasteiger partial charge is 0.395 e. The standard InChI is InChI=1S/C16H18ClN3O/c17-15-10-13(6-7-14(15)16(18)19)20(8-9-21)11-12-4-2-1-3-5-12/h1-7,10,21H,8-9,11H2,(H3,18,19). The summed E-state index contributed by atoms with van der Waals surface area (Å²) >= 11 is 6.16. The SMILES string of the molecule is N=C(N)c1ccc(N(CCO)Cc2ccccc2)cc1Cl. The zero-order valence-electron chi connectivity index (χ0n) is 11.6. The predicted octanol–water partition coefficient (Wildman–Crippen LogP) is 2.62. The first-order valence-electron chi connectivity index (χ1n) is 6.65. The lowest BCUT2D eigenvalue weighted by Crippen LogP contribution is -2.26. The van der Waals surface area contributed by atoms with Crippen molar-refractivity contribution in [2.24, 2.45) is 5.73 Å². The molecule has 0 saturated carbocycles. The summed E-state index contributed by atoms with van der Waals surface area (Å²) in [6.07, 6.45) is 0. The van der Waals surface area contributed by atoms with Crippen molar-refractivity contribution in [3.8, 4) is 0 Å². The quantitative estimate of drug-likeness (QED) is 0.567. The van der Waals surface area contributed by atoms with Crippen molar-refractivity contribution < 1.29 is 5.11 Å². The van der Waals surface area contributed by atoms with Crippen LogP contribution in [0.3, 0.4) is 0 Å². The van der Waals surface area contributed by atoms with Crippen molar-refractivity contribution in [1.29, 1.82) is 5.41 Å². The van der Waals surface area contributed by atoms with Crippen LogP contribution in [-0.2, 0) is 6.54 Å². The van der Waals surface area contributed by atoms with Crippen LogP contribution in [0, 0.1) is 5.41 Å². The summed E-state index contributed by atoms with van der Waals surface area (Å²) in [4.78, 5) is 2.03. The van der Waals surface area contributed by atoms with Gasteiger partial charge >= 0.3 is 0 Å². The fourth-order valence-electron chi connectivity index (χ4n) is 2.14. The van der Waals surface area contributed by atoms with Gasteiger partial charge in [0.15, 0.2) is 0 Å². The number of aliphatic hydroxyl groups is 1. The van der Waals surface area contributed by atoms with E-state index in [0.29, 0.717) is 23.7 Å². The Morgan fingerprint density at radius 3 is 2.48 bits per heavy atom. The molecule has 0 spiro atoms. The van der Waals surface area contributed by atoms with E-state index in [0.717, 1.165) is 11.3 Å². The van der Waals surface area contributed by atoms with Gasteiger partial charge in [-0.1, -0.05) is 41.9 Å². The van der Waals surface area contributed by atoms with E-state index in [-0.39, 0.29) is 12.4 Å². The monoisotopic (exact) mass is 303 g/mol. The average Bonchev–Trinajstić information content (AvgIpc) is 2.47. The van der Waals surface area contributed by atoms with Gasteiger partial charge in [-0.05, 0) is 23.8 Å². The van der Waals surface area contributed by atoms with Crippen LogP contribution in [0.5, 0.6) is 0 Å². The Hall–Kier alpha value is -2.04. The number of halogens is 1. The highest BCUT2D eigenvalue weighted by atomic mass is 35.5. The summed E-state index contributed by atoms with van der Waals surface area (Å²) < 4.78 is 0. The zero-order valence-corrected chi connectivity index (χ0v) is 12.3. The average molecular weight is 304 g/mol.